The van der Waals surface area contributed by atoms with Crippen LogP contribution in [0.3, 0.4) is 0 Å². The molecule has 0 bridgehead atoms. The van der Waals surface area contributed by atoms with Crippen molar-refractivity contribution in [1.29, 1.82) is 0 Å². The van der Waals surface area contributed by atoms with Crippen LogP contribution in [-0.2, 0) is 6.42 Å². The second kappa shape index (κ2) is 6.73. The molecule has 0 radical (unpaired) electrons. The van der Waals surface area contributed by atoms with Gasteiger partial charge in [0.1, 0.15) is 11.5 Å². The SMILES string of the molecule is CCOc1cccc(OC(F)(F)F)c1CCCCl. The lowest BCUT2D eigenvalue weighted by Gasteiger charge is -2.16. The highest BCUT2D eigenvalue weighted by atomic mass is 35.5. The Hall–Kier alpha value is -1.10. The Kier molecular flexibility index (Phi) is 5.59. The topological polar surface area (TPSA) is 18.5 Å². The summed E-state index contributed by atoms with van der Waals surface area (Å²) in [4.78, 5) is 0. The Morgan fingerprint density at radius 2 is 1.89 bits per heavy atom. The molecule has 0 unspecified atom stereocenters. The molecule has 0 atom stereocenters. The van der Waals surface area contributed by atoms with E-state index < -0.39 is 6.36 Å². The minimum Gasteiger partial charge on any atom is -0.493 e. The van der Waals surface area contributed by atoms with E-state index in [0.717, 1.165) is 0 Å². The second-order valence-electron chi connectivity index (χ2n) is 3.51. The average Bonchev–Trinajstić information content (AvgIpc) is 2.26. The summed E-state index contributed by atoms with van der Waals surface area (Å²) in [6.45, 7) is 2.14. The van der Waals surface area contributed by atoms with Gasteiger partial charge in [-0.05, 0) is 31.9 Å². The smallest absolute Gasteiger partial charge is 0.493 e. The fourth-order valence-electron chi connectivity index (χ4n) is 1.55. The number of ether oxygens (including phenoxy) is 2. The molecule has 2 nitrogen and oxygen atoms in total. The van der Waals surface area contributed by atoms with Crippen molar-refractivity contribution in [2.75, 3.05) is 12.5 Å². The third-order valence-corrected chi connectivity index (χ3v) is 2.44. The van der Waals surface area contributed by atoms with Crippen LogP contribution < -0.4 is 9.47 Å². The van der Waals surface area contributed by atoms with E-state index in [0.29, 0.717) is 36.6 Å². The van der Waals surface area contributed by atoms with Gasteiger partial charge in [0.05, 0.1) is 6.61 Å². The van der Waals surface area contributed by atoms with Gasteiger partial charge in [-0.25, -0.2) is 0 Å². The molecular weight excluding hydrogens is 269 g/mol. The molecule has 1 rings (SSSR count). The molecule has 0 heterocycles. The van der Waals surface area contributed by atoms with Gasteiger partial charge in [-0.3, -0.25) is 0 Å². The van der Waals surface area contributed by atoms with Crippen LogP contribution in [0.2, 0.25) is 0 Å². The van der Waals surface area contributed by atoms with Gasteiger partial charge < -0.3 is 9.47 Å². The first-order valence-corrected chi connectivity index (χ1v) is 6.07. The fourth-order valence-corrected chi connectivity index (χ4v) is 1.68. The van der Waals surface area contributed by atoms with Crippen LogP contribution >= 0.6 is 11.6 Å². The maximum absolute atomic E-state index is 12.3. The zero-order valence-electron chi connectivity index (χ0n) is 9.89. The van der Waals surface area contributed by atoms with E-state index in [4.69, 9.17) is 16.3 Å². The largest absolute Gasteiger partial charge is 0.573 e. The quantitative estimate of drug-likeness (QED) is 0.730. The molecule has 6 heteroatoms. The van der Waals surface area contributed by atoms with Crippen molar-refractivity contribution < 1.29 is 22.6 Å². The lowest BCUT2D eigenvalue weighted by molar-refractivity contribution is -0.274. The number of benzene rings is 1. The van der Waals surface area contributed by atoms with Gasteiger partial charge in [0.25, 0.3) is 0 Å². The maximum atomic E-state index is 12.3. The summed E-state index contributed by atoms with van der Waals surface area (Å²) in [5, 5.41) is 0. The molecule has 0 saturated heterocycles. The molecule has 0 aliphatic heterocycles. The van der Waals surface area contributed by atoms with Crippen LogP contribution in [0.1, 0.15) is 18.9 Å². The van der Waals surface area contributed by atoms with E-state index >= 15 is 0 Å². The summed E-state index contributed by atoms with van der Waals surface area (Å²) >= 11 is 5.56. The highest BCUT2D eigenvalue weighted by Gasteiger charge is 2.32. The number of hydrogen-bond donors (Lipinski definition) is 0. The molecule has 0 N–H and O–H groups in total. The molecular formula is C12H14ClF3O2. The van der Waals surface area contributed by atoms with E-state index in [-0.39, 0.29) is 5.75 Å². The molecule has 18 heavy (non-hydrogen) atoms. The van der Waals surface area contributed by atoms with Gasteiger partial charge in [0, 0.05) is 11.4 Å². The van der Waals surface area contributed by atoms with Crippen molar-refractivity contribution in [3.05, 3.63) is 23.8 Å². The maximum Gasteiger partial charge on any atom is 0.573 e. The lowest BCUT2D eigenvalue weighted by atomic mass is 10.1. The predicted molar refractivity (Wildman–Crippen MR) is 63.3 cm³/mol. The summed E-state index contributed by atoms with van der Waals surface area (Å²) in [6.07, 6.45) is -3.77. The Morgan fingerprint density at radius 3 is 2.44 bits per heavy atom. The summed E-state index contributed by atoms with van der Waals surface area (Å²) in [5.74, 6) is 0.550. The first-order chi connectivity index (χ1) is 8.48. The zero-order chi connectivity index (χ0) is 13.6. The standard InChI is InChI=1S/C12H14ClF3O2/c1-2-17-10-6-3-7-11(18-12(14,15)16)9(10)5-4-8-13/h3,6-7H,2,4-5,8H2,1H3. The molecule has 1 aromatic carbocycles. The van der Waals surface area contributed by atoms with Gasteiger partial charge >= 0.3 is 6.36 Å². The van der Waals surface area contributed by atoms with Crippen LogP contribution in [0.4, 0.5) is 13.2 Å². The van der Waals surface area contributed by atoms with E-state index in [2.05, 4.69) is 4.74 Å². The Bertz CT molecular complexity index is 380. The van der Waals surface area contributed by atoms with Gasteiger partial charge in [0.2, 0.25) is 0 Å². The van der Waals surface area contributed by atoms with E-state index in [1.807, 2.05) is 0 Å². The summed E-state index contributed by atoms with van der Waals surface area (Å²) in [5.41, 5.74) is 0.400. The minimum atomic E-state index is -4.71. The Labute approximate surface area is 109 Å². The first-order valence-electron chi connectivity index (χ1n) is 5.54. The Morgan fingerprint density at radius 1 is 1.22 bits per heavy atom. The van der Waals surface area contributed by atoms with Gasteiger partial charge in [-0.1, -0.05) is 6.07 Å². The summed E-state index contributed by atoms with van der Waals surface area (Å²) < 4.78 is 46.1. The van der Waals surface area contributed by atoms with E-state index in [9.17, 15) is 13.2 Å². The number of halogens is 4. The molecule has 0 amide bonds. The minimum absolute atomic E-state index is 0.224. The van der Waals surface area contributed by atoms with E-state index in [1.54, 1.807) is 13.0 Å². The monoisotopic (exact) mass is 282 g/mol. The molecule has 0 aliphatic carbocycles. The van der Waals surface area contributed by atoms with Gasteiger partial charge in [0.15, 0.2) is 0 Å². The van der Waals surface area contributed by atoms with Crippen LogP contribution in [0, 0.1) is 0 Å². The molecule has 0 spiro atoms. The average molecular weight is 283 g/mol. The highest BCUT2D eigenvalue weighted by Crippen LogP contribution is 2.33. The molecule has 102 valence electrons. The van der Waals surface area contributed by atoms with Crippen LogP contribution in [0.25, 0.3) is 0 Å². The number of alkyl halides is 4. The molecule has 0 aliphatic rings. The number of rotatable bonds is 6. The van der Waals surface area contributed by atoms with Crippen molar-refractivity contribution in [3.8, 4) is 11.5 Å². The normalized spacial score (nSPS) is 11.4. The van der Waals surface area contributed by atoms with Gasteiger partial charge in [-0.2, -0.15) is 0 Å². The number of hydrogen-bond acceptors (Lipinski definition) is 2. The van der Waals surface area contributed by atoms with E-state index in [1.165, 1.54) is 12.1 Å². The Balaban J connectivity index is 3.02. The third-order valence-electron chi connectivity index (χ3n) is 2.18. The first kappa shape index (κ1) is 15.0. The highest BCUT2D eigenvalue weighted by molar-refractivity contribution is 6.17. The van der Waals surface area contributed by atoms with Gasteiger partial charge in [-0.15, -0.1) is 24.8 Å². The van der Waals surface area contributed by atoms with Crippen molar-refractivity contribution >= 4 is 11.6 Å². The zero-order valence-corrected chi connectivity index (χ0v) is 10.6. The van der Waals surface area contributed by atoms with Crippen molar-refractivity contribution in [1.82, 2.24) is 0 Å². The summed E-state index contributed by atoms with van der Waals surface area (Å²) in [6, 6.07) is 4.37. The second-order valence-corrected chi connectivity index (χ2v) is 3.88. The van der Waals surface area contributed by atoms with Crippen LogP contribution in [-0.4, -0.2) is 18.8 Å². The van der Waals surface area contributed by atoms with Crippen LogP contribution in [0.15, 0.2) is 18.2 Å². The lowest BCUT2D eigenvalue weighted by Crippen LogP contribution is -2.18. The van der Waals surface area contributed by atoms with Crippen molar-refractivity contribution in [2.24, 2.45) is 0 Å². The molecule has 1 aromatic rings. The molecule has 0 aromatic heterocycles. The third kappa shape index (κ3) is 4.64. The van der Waals surface area contributed by atoms with Crippen molar-refractivity contribution in [3.63, 3.8) is 0 Å². The summed E-state index contributed by atoms with van der Waals surface area (Å²) in [7, 11) is 0. The fraction of sp³-hybridized carbons (Fsp3) is 0.500. The predicted octanol–water partition coefficient (Wildman–Crippen LogP) is 4.16. The van der Waals surface area contributed by atoms with Crippen LogP contribution in [0.5, 0.6) is 11.5 Å². The molecule has 0 fully saturated rings. The van der Waals surface area contributed by atoms with Crippen molar-refractivity contribution in [2.45, 2.75) is 26.1 Å². The molecule has 0 saturated carbocycles.